The summed E-state index contributed by atoms with van der Waals surface area (Å²) >= 11 is 6.20. The van der Waals surface area contributed by atoms with E-state index in [9.17, 15) is 4.79 Å². The molecule has 1 fully saturated rings. The van der Waals surface area contributed by atoms with Crippen LogP contribution >= 0.6 is 23.8 Å². The highest BCUT2D eigenvalue weighted by atomic mass is 32.1. The van der Waals surface area contributed by atoms with E-state index in [1.54, 1.807) is 0 Å². The summed E-state index contributed by atoms with van der Waals surface area (Å²) in [5.41, 5.74) is 6.48. The first-order valence-corrected chi connectivity index (χ1v) is 7.61. The van der Waals surface area contributed by atoms with Gasteiger partial charge in [0, 0.05) is 12.0 Å². The number of hydrogen-bond donors (Lipinski definition) is 2. The highest BCUT2D eigenvalue weighted by molar-refractivity contribution is 7.80. The fourth-order valence-corrected chi connectivity index (χ4v) is 3.44. The second kappa shape index (κ2) is 5.92. The number of carbonyl (C=O) groups excluding carboxylic acids is 1. The number of nitrogens with zero attached hydrogens (tertiary/aromatic N) is 2. The first-order valence-electron chi connectivity index (χ1n) is 6.43. The number of amides is 1. The van der Waals surface area contributed by atoms with E-state index in [-0.39, 0.29) is 23.8 Å². The van der Waals surface area contributed by atoms with Gasteiger partial charge in [0.1, 0.15) is 4.88 Å². The van der Waals surface area contributed by atoms with Crippen LogP contribution in [0.5, 0.6) is 0 Å². The van der Waals surface area contributed by atoms with Gasteiger partial charge < -0.3 is 11.1 Å². The number of thiocarbonyl (C=S) groups is 1. The fourth-order valence-electron chi connectivity index (χ4n) is 2.44. The Balaban J connectivity index is 2.09. The number of rotatable bonds is 4. The average molecular weight is 298 g/mol. The average Bonchev–Trinajstić information content (AvgIpc) is 2.96. The zero-order chi connectivity index (χ0) is 14.0. The second-order valence-corrected chi connectivity index (χ2v) is 6.39. The first-order chi connectivity index (χ1) is 9.00. The zero-order valence-electron chi connectivity index (χ0n) is 11.0. The smallest absolute Gasteiger partial charge is 0.265 e. The summed E-state index contributed by atoms with van der Waals surface area (Å²) < 4.78 is 3.87. The van der Waals surface area contributed by atoms with Crippen LogP contribution in [0.25, 0.3) is 0 Å². The number of nitrogens with two attached hydrogens (primary N) is 1. The summed E-state index contributed by atoms with van der Waals surface area (Å²) in [6, 6.07) is 0.0483. The minimum Gasteiger partial charge on any atom is -0.393 e. The molecule has 0 bridgehead atoms. The maximum absolute atomic E-state index is 12.3. The Kier molecular flexibility index (Phi) is 4.46. The monoisotopic (exact) mass is 298 g/mol. The van der Waals surface area contributed by atoms with Gasteiger partial charge in [0.15, 0.2) is 0 Å². The van der Waals surface area contributed by atoms with Crippen LogP contribution < -0.4 is 11.1 Å². The van der Waals surface area contributed by atoms with Crippen molar-refractivity contribution in [3.63, 3.8) is 0 Å². The molecule has 0 aromatic carbocycles. The van der Waals surface area contributed by atoms with Gasteiger partial charge in [-0.3, -0.25) is 4.79 Å². The summed E-state index contributed by atoms with van der Waals surface area (Å²) in [4.78, 5) is 13.4. The van der Waals surface area contributed by atoms with Crippen molar-refractivity contribution in [1.82, 2.24) is 14.9 Å². The van der Waals surface area contributed by atoms with Gasteiger partial charge in [0.05, 0.1) is 10.7 Å². The summed E-state index contributed by atoms with van der Waals surface area (Å²) in [6.45, 7) is 4.00. The normalized spacial score (nSPS) is 22.7. The van der Waals surface area contributed by atoms with E-state index >= 15 is 0 Å². The SMILES string of the molecule is CC(C)c1nnsc1C(=O)NC1CCCC1C(N)=S. The number of nitrogens with one attached hydrogen (secondary N) is 1. The maximum atomic E-state index is 12.3. The van der Waals surface area contributed by atoms with E-state index in [1.807, 2.05) is 13.8 Å². The van der Waals surface area contributed by atoms with Crippen molar-refractivity contribution in [3.05, 3.63) is 10.6 Å². The summed E-state index contributed by atoms with van der Waals surface area (Å²) in [5.74, 6) is 0.198. The molecular formula is C12H18N4OS2. The molecule has 7 heteroatoms. The van der Waals surface area contributed by atoms with Gasteiger partial charge >= 0.3 is 0 Å². The molecule has 0 saturated heterocycles. The third-order valence-electron chi connectivity index (χ3n) is 3.46. The number of aromatic nitrogens is 2. The summed E-state index contributed by atoms with van der Waals surface area (Å²) in [5, 5.41) is 7.05. The van der Waals surface area contributed by atoms with Crippen molar-refractivity contribution in [3.8, 4) is 0 Å². The van der Waals surface area contributed by atoms with Crippen molar-refractivity contribution < 1.29 is 4.79 Å². The second-order valence-electron chi connectivity index (χ2n) is 5.16. The molecule has 0 radical (unpaired) electrons. The van der Waals surface area contributed by atoms with Crippen molar-refractivity contribution in [1.29, 1.82) is 0 Å². The van der Waals surface area contributed by atoms with Crippen LogP contribution in [-0.4, -0.2) is 26.5 Å². The Morgan fingerprint density at radius 3 is 2.89 bits per heavy atom. The van der Waals surface area contributed by atoms with Crippen LogP contribution in [0.3, 0.4) is 0 Å². The molecule has 1 aliphatic carbocycles. The third kappa shape index (κ3) is 3.09. The van der Waals surface area contributed by atoms with E-state index in [4.69, 9.17) is 18.0 Å². The lowest BCUT2D eigenvalue weighted by atomic mass is 10.0. The van der Waals surface area contributed by atoms with E-state index in [0.29, 0.717) is 9.87 Å². The lowest BCUT2D eigenvalue weighted by Gasteiger charge is -2.19. The van der Waals surface area contributed by atoms with Gasteiger partial charge in [-0.15, -0.1) is 5.10 Å². The van der Waals surface area contributed by atoms with E-state index < -0.39 is 0 Å². The van der Waals surface area contributed by atoms with Crippen LogP contribution in [0.15, 0.2) is 0 Å². The van der Waals surface area contributed by atoms with Crippen molar-refractivity contribution in [2.45, 2.75) is 45.1 Å². The van der Waals surface area contributed by atoms with Gasteiger partial charge in [-0.2, -0.15) is 0 Å². The van der Waals surface area contributed by atoms with Crippen LogP contribution in [0, 0.1) is 5.92 Å². The largest absolute Gasteiger partial charge is 0.393 e. The Morgan fingerprint density at radius 2 is 2.26 bits per heavy atom. The third-order valence-corrected chi connectivity index (χ3v) is 4.51. The Hall–Kier alpha value is -1.08. The van der Waals surface area contributed by atoms with E-state index in [1.165, 1.54) is 0 Å². The molecule has 1 aliphatic rings. The van der Waals surface area contributed by atoms with Crippen LogP contribution in [0.2, 0.25) is 0 Å². The predicted octanol–water partition coefficient (Wildman–Crippen LogP) is 1.85. The van der Waals surface area contributed by atoms with E-state index in [0.717, 1.165) is 36.5 Å². The molecule has 2 rings (SSSR count). The molecule has 19 heavy (non-hydrogen) atoms. The van der Waals surface area contributed by atoms with Gasteiger partial charge in [0.2, 0.25) is 0 Å². The first kappa shape index (κ1) is 14.3. The van der Waals surface area contributed by atoms with Crippen LogP contribution in [0.1, 0.15) is 54.4 Å². The van der Waals surface area contributed by atoms with Crippen LogP contribution in [-0.2, 0) is 0 Å². The quantitative estimate of drug-likeness (QED) is 0.829. The summed E-state index contributed by atoms with van der Waals surface area (Å²) in [7, 11) is 0. The summed E-state index contributed by atoms with van der Waals surface area (Å²) in [6.07, 6.45) is 2.93. The molecule has 0 aliphatic heterocycles. The molecule has 1 aromatic heterocycles. The molecule has 1 heterocycles. The van der Waals surface area contributed by atoms with E-state index in [2.05, 4.69) is 14.9 Å². The van der Waals surface area contributed by atoms with Gasteiger partial charge in [-0.05, 0) is 30.3 Å². The Labute approximate surface area is 122 Å². The molecule has 1 saturated carbocycles. The number of hydrogen-bond acceptors (Lipinski definition) is 5. The number of carbonyl (C=O) groups is 1. The van der Waals surface area contributed by atoms with Crippen molar-refractivity contribution in [2.24, 2.45) is 11.7 Å². The standard InChI is InChI=1S/C12H18N4OS2/c1-6(2)9-10(19-16-15-9)12(17)14-8-5-3-4-7(8)11(13)18/h6-8H,3-5H2,1-2H3,(H2,13,18)(H,14,17). The minimum absolute atomic E-state index is 0.0483. The molecule has 104 valence electrons. The molecule has 1 amide bonds. The highest BCUT2D eigenvalue weighted by Gasteiger charge is 2.31. The maximum Gasteiger partial charge on any atom is 0.265 e. The predicted molar refractivity (Wildman–Crippen MR) is 79.4 cm³/mol. The van der Waals surface area contributed by atoms with Gasteiger partial charge in [0.25, 0.3) is 5.91 Å². The highest BCUT2D eigenvalue weighted by Crippen LogP contribution is 2.27. The molecule has 0 spiro atoms. The molecular weight excluding hydrogens is 280 g/mol. The molecule has 2 unspecified atom stereocenters. The molecule has 5 nitrogen and oxygen atoms in total. The lowest BCUT2D eigenvalue weighted by molar-refractivity contribution is 0.0936. The van der Waals surface area contributed by atoms with Gasteiger partial charge in [-0.25, -0.2) is 0 Å². The fraction of sp³-hybridized carbons (Fsp3) is 0.667. The van der Waals surface area contributed by atoms with Crippen LogP contribution in [0.4, 0.5) is 0 Å². The Morgan fingerprint density at radius 1 is 1.53 bits per heavy atom. The Bertz CT molecular complexity index is 486. The van der Waals surface area contributed by atoms with Crippen molar-refractivity contribution >= 4 is 34.6 Å². The zero-order valence-corrected chi connectivity index (χ0v) is 12.7. The molecule has 1 aromatic rings. The van der Waals surface area contributed by atoms with Crippen molar-refractivity contribution in [2.75, 3.05) is 0 Å². The molecule has 3 N–H and O–H groups in total. The van der Waals surface area contributed by atoms with Gasteiger partial charge in [-0.1, -0.05) is 37.0 Å². The topological polar surface area (TPSA) is 80.9 Å². The lowest BCUT2D eigenvalue weighted by Crippen LogP contribution is -2.41. The minimum atomic E-state index is -0.105. The molecule has 2 atom stereocenters.